The maximum Gasteiger partial charge on any atom is 0.251 e. The average molecular weight is 378 g/mol. The van der Waals surface area contributed by atoms with Gasteiger partial charge in [0.1, 0.15) is 0 Å². The number of ether oxygens (including phenoxy) is 1. The molecular weight excluding hydrogens is 352 g/mol. The summed E-state index contributed by atoms with van der Waals surface area (Å²) in [4.78, 5) is 14.8. The number of fused-ring (bicyclic) bond motifs is 1. The molecule has 2 bridgehead atoms. The van der Waals surface area contributed by atoms with Crippen LogP contribution < -0.4 is 10.2 Å². The molecule has 6 heteroatoms. The van der Waals surface area contributed by atoms with Gasteiger partial charge < -0.3 is 15.0 Å². The molecule has 1 amide bonds. The Bertz CT molecular complexity index is 882. The van der Waals surface area contributed by atoms with Crippen LogP contribution in [-0.4, -0.2) is 47.4 Å². The monoisotopic (exact) mass is 378 g/mol. The predicted octanol–water partition coefficient (Wildman–Crippen LogP) is 2.51. The van der Waals surface area contributed by atoms with E-state index in [0.29, 0.717) is 23.9 Å². The molecule has 3 fully saturated rings. The van der Waals surface area contributed by atoms with Crippen molar-refractivity contribution in [2.75, 3.05) is 24.5 Å². The molecular formula is C22H26N4O2. The van der Waals surface area contributed by atoms with Crippen molar-refractivity contribution < 1.29 is 9.53 Å². The molecule has 0 unspecified atom stereocenters. The zero-order valence-electron chi connectivity index (χ0n) is 16.4. The van der Waals surface area contributed by atoms with Crippen LogP contribution in [0.4, 0.5) is 5.82 Å². The molecule has 28 heavy (non-hydrogen) atoms. The summed E-state index contributed by atoms with van der Waals surface area (Å²) in [6.45, 7) is 6.43. The van der Waals surface area contributed by atoms with Crippen LogP contribution in [0.3, 0.4) is 0 Å². The predicted molar refractivity (Wildman–Crippen MR) is 106 cm³/mol. The smallest absolute Gasteiger partial charge is 0.251 e. The molecule has 4 atom stereocenters. The normalized spacial score (nSPS) is 30.5. The van der Waals surface area contributed by atoms with E-state index in [1.165, 1.54) is 0 Å². The van der Waals surface area contributed by atoms with Gasteiger partial charge in [0.2, 0.25) is 0 Å². The van der Waals surface area contributed by atoms with Crippen molar-refractivity contribution in [3.63, 3.8) is 0 Å². The van der Waals surface area contributed by atoms with Crippen molar-refractivity contribution in [3.8, 4) is 0 Å². The van der Waals surface area contributed by atoms with E-state index in [2.05, 4.69) is 20.4 Å². The Balaban J connectivity index is 1.28. The van der Waals surface area contributed by atoms with E-state index in [4.69, 9.17) is 4.74 Å². The van der Waals surface area contributed by atoms with Gasteiger partial charge in [0.15, 0.2) is 5.82 Å². The molecule has 3 aliphatic heterocycles. The van der Waals surface area contributed by atoms with Crippen molar-refractivity contribution >= 4 is 11.7 Å². The second-order valence-corrected chi connectivity index (χ2v) is 8.52. The molecule has 4 heterocycles. The van der Waals surface area contributed by atoms with Crippen LogP contribution in [0.1, 0.15) is 34.5 Å². The number of nitrogens with zero attached hydrogens (tertiary/aromatic N) is 3. The molecule has 0 radical (unpaired) electrons. The largest absolute Gasteiger partial charge is 0.369 e. The van der Waals surface area contributed by atoms with Crippen LogP contribution in [0.25, 0.3) is 0 Å². The first kappa shape index (κ1) is 17.6. The fraction of sp³-hybridized carbons (Fsp3) is 0.500. The highest BCUT2D eigenvalue weighted by atomic mass is 16.5. The lowest BCUT2D eigenvalue weighted by Crippen LogP contribution is -2.41. The Kier molecular flexibility index (Phi) is 4.12. The van der Waals surface area contributed by atoms with E-state index < -0.39 is 0 Å². The topological polar surface area (TPSA) is 67.4 Å². The van der Waals surface area contributed by atoms with Crippen LogP contribution in [0.15, 0.2) is 36.4 Å². The maximum atomic E-state index is 12.5. The van der Waals surface area contributed by atoms with E-state index in [1.807, 2.05) is 50.2 Å². The first-order chi connectivity index (χ1) is 13.5. The Morgan fingerprint density at radius 2 is 2.04 bits per heavy atom. The average Bonchev–Trinajstić information content (AvgIpc) is 3.36. The van der Waals surface area contributed by atoms with Crippen molar-refractivity contribution in [1.82, 2.24) is 15.5 Å². The fourth-order valence-corrected chi connectivity index (χ4v) is 5.22. The van der Waals surface area contributed by atoms with E-state index in [-0.39, 0.29) is 17.6 Å². The minimum atomic E-state index is -0.0868. The molecule has 0 saturated carbocycles. The number of nitrogens with one attached hydrogen (secondary N) is 1. The zero-order valence-corrected chi connectivity index (χ0v) is 16.4. The maximum absolute atomic E-state index is 12.5. The number of hydrogen-bond donors (Lipinski definition) is 1. The van der Waals surface area contributed by atoms with Crippen molar-refractivity contribution in [3.05, 3.63) is 53.2 Å². The van der Waals surface area contributed by atoms with Crippen LogP contribution in [0.5, 0.6) is 0 Å². The molecule has 2 aromatic rings. The number of hydrogen-bond acceptors (Lipinski definition) is 5. The van der Waals surface area contributed by atoms with Gasteiger partial charge in [-0.05, 0) is 51.0 Å². The number of carbonyl (C=O) groups excluding carboxylic acids is 1. The summed E-state index contributed by atoms with van der Waals surface area (Å²) in [6, 6.07) is 11.8. The lowest BCUT2D eigenvalue weighted by molar-refractivity contribution is 0.0141. The molecule has 146 valence electrons. The zero-order chi connectivity index (χ0) is 19.3. The lowest BCUT2D eigenvalue weighted by Gasteiger charge is -2.29. The SMILES string of the molecule is Cc1ccc(C(=O)NC[C@H]2[C@H]3CN(c4ccc(C)nn4)C[C@]34CC[C@H]2O4)cc1. The van der Waals surface area contributed by atoms with Gasteiger partial charge in [0, 0.05) is 37.0 Å². The lowest BCUT2D eigenvalue weighted by atomic mass is 9.73. The third-order valence-electron chi connectivity index (χ3n) is 6.70. The second kappa shape index (κ2) is 6.55. The number of aryl methyl sites for hydroxylation is 2. The van der Waals surface area contributed by atoms with Crippen LogP contribution in [0.2, 0.25) is 0 Å². The third-order valence-corrected chi connectivity index (χ3v) is 6.70. The van der Waals surface area contributed by atoms with Gasteiger partial charge in [-0.3, -0.25) is 4.79 Å². The highest BCUT2D eigenvalue weighted by Gasteiger charge is 2.63. The molecule has 1 aromatic heterocycles. The molecule has 1 aromatic carbocycles. The van der Waals surface area contributed by atoms with Gasteiger partial charge >= 0.3 is 0 Å². The minimum Gasteiger partial charge on any atom is -0.369 e. The summed E-state index contributed by atoms with van der Waals surface area (Å²) in [7, 11) is 0. The van der Waals surface area contributed by atoms with Crippen molar-refractivity contribution in [2.24, 2.45) is 11.8 Å². The van der Waals surface area contributed by atoms with E-state index in [9.17, 15) is 4.79 Å². The molecule has 1 spiro atoms. The van der Waals surface area contributed by atoms with Crippen LogP contribution >= 0.6 is 0 Å². The number of anilines is 1. The fourth-order valence-electron chi connectivity index (χ4n) is 5.22. The van der Waals surface area contributed by atoms with E-state index >= 15 is 0 Å². The highest BCUT2D eigenvalue weighted by molar-refractivity contribution is 5.94. The van der Waals surface area contributed by atoms with Crippen molar-refractivity contribution in [2.45, 2.75) is 38.4 Å². The highest BCUT2D eigenvalue weighted by Crippen LogP contribution is 2.55. The Hall–Kier alpha value is -2.47. The van der Waals surface area contributed by atoms with Gasteiger partial charge in [0.05, 0.1) is 17.4 Å². The van der Waals surface area contributed by atoms with Crippen molar-refractivity contribution in [1.29, 1.82) is 0 Å². The Morgan fingerprint density at radius 1 is 1.21 bits per heavy atom. The number of carbonyl (C=O) groups is 1. The first-order valence-corrected chi connectivity index (χ1v) is 10.1. The number of amides is 1. The molecule has 3 aliphatic rings. The Labute approximate surface area is 165 Å². The molecule has 6 nitrogen and oxygen atoms in total. The van der Waals surface area contributed by atoms with Gasteiger partial charge in [-0.15, -0.1) is 5.10 Å². The summed E-state index contributed by atoms with van der Waals surface area (Å²) in [5.74, 6) is 1.69. The summed E-state index contributed by atoms with van der Waals surface area (Å²) < 4.78 is 6.48. The summed E-state index contributed by atoms with van der Waals surface area (Å²) in [5, 5.41) is 11.7. The van der Waals surface area contributed by atoms with E-state index in [0.717, 1.165) is 43.0 Å². The van der Waals surface area contributed by atoms with Gasteiger partial charge in [-0.2, -0.15) is 5.10 Å². The number of rotatable bonds is 4. The quantitative estimate of drug-likeness (QED) is 0.885. The third kappa shape index (κ3) is 2.87. The van der Waals surface area contributed by atoms with Gasteiger partial charge in [0.25, 0.3) is 5.91 Å². The van der Waals surface area contributed by atoms with Gasteiger partial charge in [-0.25, -0.2) is 0 Å². The van der Waals surface area contributed by atoms with Gasteiger partial charge in [-0.1, -0.05) is 17.7 Å². The molecule has 5 rings (SSSR count). The van der Waals surface area contributed by atoms with Crippen LogP contribution in [0, 0.1) is 25.7 Å². The number of benzene rings is 1. The molecule has 0 aliphatic carbocycles. The second-order valence-electron chi connectivity index (χ2n) is 8.52. The first-order valence-electron chi connectivity index (χ1n) is 10.1. The molecule has 3 saturated heterocycles. The Morgan fingerprint density at radius 3 is 2.79 bits per heavy atom. The summed E-state index contributed by atoms with van der Waals surface area (Å²) in [5.41, 5.74) is 2.71. The molecule has 1 N–H and O–H groups in total. The van der Waals surface area contributed by atoms with Crippen LogP contribution in [-0.2, 0) is 4.74 Å². The number of aromatic nitrogens is 2. The van der Waals surface area contributed by atoms with E-state index in [1.54, 1.807) is 0 Å². The minimum absolute atomic E-state index is 0.00363. The summed E-state index contributed by atoms with van der Waals surface area (Å²) >= 11 is 0. The summed E-state index contributed by atoms with van der Waals surface area (Å²) in [6.07, 6.45) is 2.43. The standard InChI is InChI=1S/C22H26N4O2/c1-14-3-6-16(7-4-14)21(27)23-11-17-18-12-26(20-8-5-15(2)24-25-20)13-22(18)10-9-19(17)28-22/h3-8,17-19H,9-13H2,1-2H3,(H,23,27)/t17-,18+,19+,22+/m0/s1.